The van der Waals surface area contributed by atoms with Gasteiger partial charge in [0.05, 0.1) is 17.6 Å². The minimum Gasteiger partial charge on any atom is -0.364 e. The summed E-state index contributed by atoms with van der Waals surface area (Å²) in [6.07, 6.45) is 1.69. The lowest BCUT2D eigenvalue weighted by atomic mass is 10.3. The molecule has 0 saturated carbocycles. The molecule has 3 rings (SSSR count). The molecule has 0 unspecified atom stereocenters. The highest BCUT2D eigenvalue weighted by Crippen LogP contribution is 2.07. The Balaban J connectivity index is 1.89. The van der Waals surface area contributed by atoms with Crippen LogP contribution in [0.1, 0.15) is 5.69 Å². The molecular formula is C14H12N4O. The van der Waals surface area contributed by atoms with Gasteiger partial charge in [-0.25, -0.2) is 9.97 Å². The average molecular weight is 252 g/mol. The Bertz CT molecular complexity index is 752. The summed E-state index contributed by atoms with van der Waals surface area (Å²) in [7, 11) is 0. The largest absolute Gasteiger partial charge is 0.364 e. The van der Waals surface area contributed by atoms with Gasteiger partial charge in [0.2, 0.25) is 0 Å². The second-order valence-electron chi connectivity index (χ2n) is 4.10. The lowest BCUT2D eigenvalue weighted by Gasteiger charge is -2.05. The van der Waals surface area contributed by atoms with Gasteiger partial charge in [0.1, 0.15) is 11.5 Å². The number of anilines is 1. The van der Waals surface area contributed by atoms with Gasteiger partial charge in [-0.3, -0.25) is 4.79 Å². The summed E-state index contributed by atoms with van der Waals surface area (Å²) in [5.41, 5.74) is 1.79. The van der Waals surface area contributed by atoms with Crippen LogP contribution in [0.25, 0.3) is 11.0 Å². The van der Waals surface area contributed by atoms with Gasteiger partial charge < -0.3 is 10.3 Å². The summed E-state index contributed by atoms with van der Waals surface area (Å²) >= 11 is 0. The van der Waals surface area contributed by atoms with Gasteiger partial charge in [0.25, 0.3) is 5.56 Å². The van der Waals surface area contributed by atoms with Crippen molar-refractivity contribution in [3.8, 4) is 0 Å². The number of nitrogens with one attached hydrogen (secondary N) is 2. The van der Waals surface area contributed by atoms with Gasteiger partial charge in [-0.05, 0) is 24.3 Å². The monoisotopic (exact) mass is 252 g/mol. The van der Waals surface area contributed by atoms with Crippen molar-refractivity contribution in [2.75, 3.05) is 5.32 Å². The number of hydrogen-bond donors (Lipinski definition) is 2. The molecule has 0 atom stereocenters. The number of para-hydroxylation sites is 2. The Morgan fingerprint density at radius 3 is 2.79 bits per heavy atom. The van der Waals surface area contributed by atoms with E-state index in [0.717, 1.165) is 16.9 Å². The molecule has 5 heteroatoms. The molecule has 0 bridgehead atoms. The molecule has 0 spiro atoms. The molecule has 2 heterocycles. The molecule has 5 nitrogen and oxygen atoms in total. The van der Waals surface area contributed by atoms with Crippen molar-refractivity contribution < 1.29 is 0 Å². The third-order valence-electron chi connectivity index (χ3n) is 2.77. The maximum atomic E-state index is 11.9. The molecule has 19 heavy (non-hydrogen) atoms. The third-order valence-corrected chi connectivity index (χ3v) is 2.77. The summed E-state index contributed by atoms with van der Waals surface area (Å²) in [4.78, 5) is 23.2. The maximum absolute atomic E-state index is 11.9. The normalized spacial score (nSPS) is 10.5. The van der Waals surface area contributed by atoms with E-state index in [4.69, 9.17) is 0 Å². The number of rotatable bonds is 3. The Morgan fingerprint density at radius 2 is 1.95 bits per heavy atom. The Kier molecular flexibility index (Phi) is 2.94. The molecule has 0 aliphatic carbocycles. The first-order valence-corrected chi connectivity index (χ1v) is 5.96. The molecule has 2 N–H and O–H groups in total. The zero-order valence-electron chi connectivity index (χ0n) is 10.1. The molecule has 0 radical (unpaired) electrons. The van der Waals surface area contributed by atoms with E-state index in [0.29, 0.717) is 12.2 Å². The van der Waals surface area contributed by atoms with Gasteiger partial charge >= 0.3 is 0 Å². The first-order valence-electron chi connectivity index (χ1n) is 5.96. The average Bonchev–Trinajstić information content (AvgIpc) is 2.46. The third kappa shape index (κ3) is 2.44. The van der Waals surface area contributed by atoms with Crippen LogP contribution in [0.2, 0.25) is 0 Å². The Labute approximate surface area is 109 Å². The second kappa shape index (κ2) is 4.89. The van der Waals surface area contributed by atoms with E-state index in [1.807, 2.05) is 42.5 Å². The molecule has 0 amide bonds. The second-order valence-corrected chi connectivity index (χ2v) is 4.10. The van der Waals surface area contributed by atoms with E-state index in [1.54, 1.807) is 6.20 Å². The quantitative estimate of drug-likeness (QED) is 0.747. The van der Waals surface area contributed by atoms with E-state index in [9.17, 15) is 4.79 Å². The number of aromatic nitrogens is 3. The highest BCUT2D eigenvalue weighted by molar-refractivity contribution is 5.73. The molecule has 0 saturated heterocycles. The standard InChI is InChI=1S/C14H12N4O/c19-14-12(9-16-13-7-3-4-8-15-13)17-10-5-1-2-6-11(10)18-14/h1-8H,9H2,(H,15,16)(H,18,19). The lowest BCUT2D eigenvalue weighted by Crippen LogP contribution is -2.18. The summed E-state index contributed by atoms with van der Waals surface area (Å²) < 4.78 is 0. The fourth-order valence-electron chi connectivity index (χ4n) is 1.83. The number of nitrogens with zero attached hydrogens (tertiary/aromatic N) is 2. The van der Waals surface area contributed by atoms with E-state index in [1.165, 1.54) is 0 Å². The number of hydrogen-bond acceptors (Lipinski definition) is 4. The van der Waals surface area contributed by atoms with E-state index in [-0.39, 0.29) is 5.56 Å². The van der Waals surface area contributed by atoms with Crippen LogP contribution in [0, 0.1) is 0 Å². The van der Waals surface area contributed by atoms with Crippen LogP contribution in [0.4, 0.5) is 5.82 Å². The molecule has 2 aromatic heterocycles. The van der Waals surface area contributed by atoms with Crippen LogP contribution in [-0.4, -0.2) is 15.0 Å². The van der Waals surface area contributed by atoms with Crippen molar-refractivity contribution in [3.63, 3.8) is 0 Å². The van der Waals surface area contributed by atoms with Gasteiger partial charge in [-0.15, -0.1) is 0 Å². The molecule has 0 aliphatic rings. The van der Waals surface area contributed by atoms with Crippen LogP contribution in [0.5, 0.6) is 0 Å². The predicted molar refractivity (Wildman–Crippen MR) is 73.9 cm³/mol. The van der Waals surface area contributed by atoms with Gasteiger partial charge in [-0.1, -0.05) is 18.2 Å². The molecular weight excluding hydrogens is 240 g/mol. The highest BCUT2D eigenvalue weighted by Gasteiger charge is 2.04. The molecule has 3 aromatic rings. The SMILES string of the molecule is O=c1[nH]c2ccccc2nc1CNc1ccccn1. The van der Waals surface area contributed by atoms with Crippen LogP contribution in [-0.2, 0) is 6.54 Å². The zero-order chi connectivity index (χ0) is 13.1. The fourth-order valence-corrected chi connectivity index (χ4v) is 1.83. The highest BCUT2D eigenvalue weighted by atomic mass is 16.1. The van der Waals surface area contributed by atoms with Crippen LogP contribution in [0.15, 0.2) is 53.5 Å². The smallest absolute Gasteiger partial charge is 0.271 e. The topological polar surface area (TPSA) is 70.7 Å². The van der Waals surface area contributed by atoms with Crippen molar-refractivity contribution in [1.29, 1.82) is 0 Å². The van der Waals surface area contributed by atoms with E-state index >= 15 is 0 Å². The predicted octanol–water partition coefficient (Wildman–Crippen LogP) is 1.93. The number of pyridine rings is 1. The van der Waals surface area contributed by atoms with Gasteiger partial charge in [0, 0.05) is 6.20 Å². The molecule has 1 aromatic carbocycles. The number of H-pyrrole nitrogens is 1. The number of fused-ring (bicyclic) bond motifs is 1. The van der Waals surface area contributed by atoms with Crippen LogP contribution >= 0.6 is 0 Å². The molecule has 94 valence electrons. The minimum atomic E-state index is -0.179. The van der Waals surface area contributed by atoms with Crippen LogP contribution < -0.4 is 10.9 Å². The summed E-state index contributed by atoms with van der Waals surface area (Å²) in [6.45, 7) is 0.344. The zero-order valence-corrected chi connectivity index (χ0v) is 10.1. The Hall–Kier alpha value is -2.69. The Morgan fingerprint density at radius 1 is 1.11 bits per heavy atom. The fraction of sp³-hybridized carbons (Fsp3) is 0.0714. The van der Waals surface area contributed by atoms with Crippen molar-refractivity contribution in [2.45, 2.75) is 6.54 Å². The van der Waals surface area contributed by atoms with Crippen molar-refractivity contribution in [2.24, 2.45) is 0 Å². The van der Waals surface area contributed by atoms with Crippen LogP contribution in [0.3, 0.4) is 0 Å². The minimum absolute atomic E-state index is 0.179. The van der Waals surface area contributed by atoms with Gasteiger partial charge in [0.15, 0.2) is 0 Å². The summed E-state index contributed by atoms with van der Waals surface area (Å²) in [5, 5.41) is 3.07. The maximum Gasteiger partial charge on any atom is 0.271 e. The van der Waals surface area contributed by atoms with Gasteiger partial charge in [-0.2, -0.15) is 0 Å². The lowest BCUT2D eigenvalue weighted by molar-refractivity contribution is 0.995. The summed E-state index contributed by atoms with van der Waals surface area (Å²) in [5.74, 6) is 0.719. The van der Waals surface area contributed by atoms with Crippen molar-refractivity contribution in [1.82, 2.24) is 15.0 Å². The number of aromatic amines is 1. The molecule has 0 aliphatic heterocycles. The van der Waals surface area contributed by atoms with Crippen molar-refractivity contribution in [3.05, 3.63) is 64.7 Å². The summed E-state index contributed by atoms with van der Waals surface area (Å²) in [6, 6.07) is 13.0. The van der Waals surface area contributed by atoms with E-state index in [2.05, 4.69) is 20.3 Å². The first-order chi connectivity index (χ1) is 9.33. The van der Waals surface area contributed by atoms with E-state index < -0.39 is 0 Å². The first kappa shape index (κ1) is 11.4. The van der Waals surface area contributed by atoms with Crippen molar-refractivity contribution >= 4 is 16.9 Å². The number of benzene rings is 1. The molecule has 0 fully saturated rings.